The number of likely N-dealkylation sites (tertiary alicyclic amines) is 1. The minimum absolute atomic E-state index is 0.729. The molecule has 0 bridgehead atoms. The fraction of sp³-hybridized carbons (Fsp3) is 0.240. The second kappa shape index (κ2) is 9.22. The Morgan fingerprint density at radius 1 is 0.897 bits per heavy atom. The number of aromatic nitrogens is 2. The highest BCUT2D eigenvalue weighted by atomic mass is 35.5. The van der Waals surface area contributed by atoms with Crippen LogP contribution in [0.4, 0.5) is 0 Å². The van der Waals surface area contributed by atoms with Crippen LogP contribution in [0.5, 0.6) is 0 Å². The van der Waals surface area contributed by atoms with E-state index in [9.17, 15) is 0 Å². The number of rotatable bonds is 4. The van der Waals surface area contributed by atoms with E-state index in [4.69, 9.17) is 11.6 Å². The fourth-order valence-corrected chi connectivity index (χ4v) is 3.62. The van der Waals surface area contributed by atoms with Gasteiger partial charge in [-0.1, -0.05) is 42.6 Å². The number of pyridine rings is 2. The minimum atomic E-state index is 0.729. The summed E-state index contributed by atoms with van der Waals surface area (Å²) >= 11 is 5.95. The van der Waals surface area contributed by atoms with Crippen molar-refractivity contribution >= 4 is 11.6 Å². The monoisotopic (exact) mass is 400 g/mol. The largest absolute Gasteiger partial charge is 0.302 e. The number of nitrogens with zero attached hydrogens (tertiary/aromatic N) is 3. The van der Waals surface area contributed by atoms with E-state index in [0.717, 1.165) is 39.6 Å². The molecule has 0 saturated carbocycles. The second-order valence-corrected chi connectivity index (χ2v) is 7.82. The summed E-state index contributed by atoms with van der Waals surface area (Å²) in [6.45, 7) is 5.56. The number of benzene rings is 1. The summed E-state index contributed by atoms with van der Waals surface area (Å²) in [6.07, 6.45) is 6.30. The zero-order chi connectivity index (χ0) is 20.1. The smallest absolute Gasteiger partial charge is 0.113 e. The Hall–Kier alpha value is -2.67. The van der Waals surface area contributed by atoms with Gasteiger partial charge in [-0.25, -0.2) is 4.98 Å². The maximum Gasteiger partial charge on any atom is 0.113 e. The molecule has 145 valence electrons. The topological polar surface area (TPSA) is 29.0 Å². The molecule has 0 amide bonds. The normalized spacial score (nSPS) is 14.0. The quantitative estimate of drug-likeness (QED) is 0.561. The Kier molecular flexibility index (Phi) is 6.24. The van der Waals surface area contributed by atoms with Crippen molar-refractivity contribution in [1.82, 2.24) is 14.9 Å². The average Bonchev–Trinajstić information content (AvgIpc) is 3.27. The van der Waals surface area contributed by atoms with E-state index in [1.165, 1.54) is 31.8 Å². The molecule has 1 aliphatic rings. The molecule has 1 saturated heterocycles. The summed E-state index contributed by atoms with van der Waals surface area (Å²) in [7, 11) is 0. The Bertz CT molecular complexity index is 993. The van der Waals surface area contributed by atoms with Gasteiger partial charge in [-0.2, -0.15) is 0 Å². The van der Waals surface area contributed by atoms with Gasteiger partial charge in [0.15, 0.2) is 0 Å². The Morgan fingerprint density at radius 2 is 1.66 bits per heavy atom. The highest BCUT2D eigenvalue weighted by Crippen LogP contribution is 2.21. The first-order valence-corrected chi connectivity index (χ1v) is 10.3. The van der Waals surface area contributed by atoms with Gasteiger partial charge in [0.1, 0.15) is 5.69 Å². The summed E-state index contributed by atoms with van der Waals surface area (Å²) in [4.78, 5) is 11.5. The molecule has 1 radical (unpaired) electrons. The van der Waals surface area contributed by atoms with E-state index in [0.29, 0.717) is 0 Å². The number of halogens is 1. The predicted octanol–water partition coefficient (Wildman–Crippen LogP) is 5.24. The van der Waals surface area contributed by atoms with Crippen LogP contribution in [0.1, 0.15) is 36.7 Å². The van der Waals surface area contributed by atoms with E-state index in [-0.39, 0.29) is 0 Å². The van der Waals surface area contributed by atoms with Gasteiger partial charge in [0.05, 0.1) is 0 Å². The van der Waals surface area contributed by atoms with Gasteiger partial charge < -0.3 is 4.90 Å². The van der Waals surface area contributed by atoms with E-state index in [2.05, 4.69) is 39.7 Å². The summed E-state index contributed by atoms with van der Waals surface area (Å²) in [5, 5.41) is 0.729. The van der Waals surface area contributed by atoms with Crippen molar-refractivity contribution < 1.29 is 0 Å². The van der Waals surface area contributed by atoms with Crippen LogP contribution < -0.4 is 0 Å². The maximum atomic E-state index is 5.95. The molecule has 0 atom stereocenters. The molecular formula is C25H23ClN3. The molecule has 3 nitrogen and oxygen atoms in total. The van der Waals surface area contributed by atoms with Crippen LogP contribution in [-0.4, -0.2) is 34.5 Å². The van der Waals surface area contributed by atoms with Crippen molar-refractivity contribution in [2.45, 2.75) is 19.8 Å². The van der Waals surface area contributed by atoms with Gasteiger partial charge >= 0.3 is 0 Å². The second-order valence-electron chi connectivity index (χ2n) is 7.38. The lowest BCUT2D eigenvalue weighted by atomic mass is 10.1. The Balaban J connectivity index is 1.40. The molecule has 29 heavy (non-hydrogen) atoms. The molecule has 4 rings (SSSR count). The van der Waals surface area contributed by atoms with Crippen molar-refractivity contribution in [2.75, 3.05) is 19.6 Å². The first kappa shape index (κ1) is 19.6. The molecule has 1 aliphatic heterocycles. The van der Waals surface area contributed by atoms with Crippen LogP contribution in [0.25, 0.3) is 11.1 Å². The van der Waals surface area contributed by atoms with Gasteiger partial charge in [0.25, 0.3) is 0 Å². The van der Waals surface area contributed by atoms with E-state index < -0.39 is 0 Å². The summed E-state index contributed by atoms with van der Waals surface area (Å²) in [5.74, 6) is 7.58. The van der Waals surface area contributed by atoms with Crippen molar-refractivity contribution in [2.24, 2.45) is 0 Å². The summed E-state index contributed by atoms with van der Waals surface area (Å²) < 4.78 is 0. The van der Waals surface area contributed by atoms with Crippen LogP contribution >= 0.6 is 11.6 Å². The first-order chi connectivity index (χ1) is 14.2. The molecular weight excluding hydrogens is 378 g/mol. The van der Waals surface area contributed by atoms with Crippen LogP contribution in [0.3, 0.4) is 0 Å². The third kappa shape index (κ3) is 5.23. The standard InChI is InChI=1S/C25H23ClN3/c1-19(18-29-14-2-3-15-29)25-13-5-20(16-28-25)4-11-24-12-8-22(17-27-24)21-6-9-23(26)10-7-21/h5-10,12-13,16-17H,2-3,14-15,18H2,1H3. The molecule has 1 aromatic carbocycles. The molecule has 0 aliphatic carbocycles. The average molecular weight is 401 g/mol. The van der Waals surface area contributed by atoms with Crippen LogP contribution in [0.15, 0.2) is 60.9 Å². The maximum absolute atomic E-state index is 5.95. The van der Waals surface area contributed by atoms with E-state index in [1.807, 2.05) is 54.9 Å². The molecule has 3 aromatic rings. The third-order valence-electron chi connectivity index (χ3n) is 5.14. The predicted molar refractivity (Wildman–Crippen MR) is 119 cm³/mol. The van der Waals surface area contributed by atoms with Crippen molar-refractivity contribution in [3.05, 3.63) is 88.8 Å². The van der Waals surface area contributed by atoms with Gasteiger partial charge in [-0.15, -0.1) is 0 Å². The number of hydrogen-bond donors (Lipinski definition) is 0. The Morgan fingerprint density at radius 3 is 2.31 bits per heavy atom. The third-order valence-corrected chi connectivity index (χ3v) is 5.39. The van der Waals surface area contributed by atoms with Crippen molar-refractivity contribution in [3.63, 3.8) is 0 Å². The van der Waals surface area contributed by atoms with E-state index >= 15 is 0 Å². The molecule has 2 aromatic heterocycles. The highest BCUT2D eigenvalue weighted by Gasteiger charge is 2.16. The van der Waals surface area contributed by atoms with Crippen LogP contribution in [0.2, 0.25) is 5.02 Å². The molecule has 1 fully saturated rings. The molecule has 0 N–H and O–H groups in total. The highest BCUT2D eigenvalue weighted by molar-refractivity contribution is 6.30. The van der Waals surface area contributed by atoms with Crippen LogP contribution in [0, 0.1) is 17.8 Å². The fourth-order valence-electron chi connectivity index (χ4n) is 3.49. The zero-order valence-electron chi connectivity index (χ0n) is 16.5. The number of hydrogen-bond acceptors (Lipinski definition) is 3. The van der Waals surface area contributed by atoms with Crippen molar-refractivity contribution in [1.29, 1.82) is 0 Å². The lowest BCUT2D eigenvalue weighted by Gasteiger charge is -2.19. The van der Waals surface area contributed by atoms with E-state index in [1.54, 1.807) is 0 Å². The minimum Gasteiger partial charge on any atom is -0.302 e. The summed E-state index contributed by atoms with van der Waals surface area (Å²) in [5.41, 5.74) is 4.81. The van der Waals surface area contributed by atoms with Gasteiger partial charge in [-0.3, -0.25) is 4.98 Å². The SMILES string of the molecule is C[C](CN1CCCC1)c1ccc(C#Cc2ccc(-c3ccc(Cl)cc3)cn2)cn1. The lowest BCUT2D eigenvalue weighted by molar-refractivity contribution is 0.354. The molecule has 0 unspecified atom stereocenters. The summed E-state index contributed by atoms with van der Waals surface area (Å²) in [6, 6.07) is 15.8. The molecule has 0 spiro atoms. The zero-order valence-corrected chi connectivity index (χ0v) is 17.3. The molecule has 3 heterocycles. The van der Waals surface area contributed by atoms with Gasteiger partial charge in [0.2, 0.25) is 0 Å². The van der Waals surface area contributed by atoms with Gasteiger partial charge in [0, 0.05) is 46.7 Å². The first-order valence-electron chi connectivity index (χ1n) is 9.92. The lowest BCUT2D eigenvalue weighted by Crippen LogP contribution is -2.25. The van der Waals surface area contributed by atoms with Crippen LogP contribution in [-0.2, 0) is 0 Å². The van der Waals surface area contributed by atoms with Gasteiger partial charge in [-0.05, 0) is 67.7 Å². The Labute approximate surface area is 177 Å². The van der Waals surface area contributed by atoms with Crippen molar-refractivity contribution in [3.8, 4) is 23.0 Å². The molecule has 4 heteroatoms.